The standard InChI is InChI=1S/C26H27N3O2S/c1-3-12-27-25(31)26(16-20-6-4-7-21(15-20)23-8-5-14-32-23)11-13-29(18-26)24(30)22-10-9-19(2)28-17-22/h3-10,14-15,17H,1,11-13,16,18H2,2H3,(H,27,31)/t26-/m1/s1. The molecule has 32 heavy (non-hydrogen) atoms. The van der Waals surface area contributed by atoms with E-state index in [1.807, 2.05) is 25.1 Å². The van der Waals surface area contributed by atoms with E-state index in [4.69, 9.17) is 0 Å². The van der Waals surface area contributed by atoms with Crippen LogP contribution < -0.4 is 5.32 Å². The van der Waals surface area contributed by atoms with Gasteiger partial charge in [-0.3, -0.25) is 14.6 Å². The van der Waals surface area contributed by atoms with Gasteiger partial charge in [0.15, 0.2) is 0 Å². The molecule has 1 N–H and O–H groups in total. The third-order valence-electron chi connectivity index (χ3n) is 5.96. The number of aryl methyl sites for hydroxylation is 1. The van der Waals surface area contributed by atoms with Crippen LogP contribution >= 0.6 is 11.3 Å². The van der Waals surface area contributed by atoms with Gasteiger partial charge in [-0.1, -0.05) is 36.4 Å². The predicted octanol–water partition coefficient (Wildman–Crippen LogP) is 4.50. The van der Waals surface area contributed by atoms with Crippen molar-refractivity contribution in [3.8, 4) is 10.4 Å². The van der Waals surface area contributed by atoms with E-state index in [9.17, 15) is 9.59 Å². The zero-order valence-corrected chi connectivity index (χ0v) is 19.0. The zero-order valence-electron chi connectivity index (χ0n) is 18.2. The maximum absolute atomic E-state index is 13.3. The molecule has 1 atom stereocenters. The first-order valence-electron chi connectivity index (χ1n) is 10.7. The SMILES string of the molecule is C=CCNC(=O)[C@@]1(Cc2cccc(-c3cccs3)c2)CCN(C(=O)c2ccc(C)nc2)C1. The lowest BCUT2D eigenvalue weighted by atomic mass is 9.79. The third-order valence-corrected chi connectivity index (χ3v) is 6.88. The summed E-state index contributed by atoms with van der Waals surface area (Å²) in [6.45, 7) is 6.93. The first-order chi connectivity index (χ1) is 15.5. The largest absolute Gasteiger partial charge is 0.352 e. The van der Waals surface area contributed by atoms with Crippen molar-refractivity contribution in [3.05, 3.63) is 89.6 Å². The molecule has 1 aliphatic heterocycles. The minimum atomic E-state index is -0.676. The predicted molar refractivity (Wildman–Crippen MR) is 129 cm³/mol. The summed E-state index contributed by atoms with van der Waals surface area (Å²) in [6, 6.07) is 16.1. The highest BCUT2D eigenvalue weighted by molar-refractivity contribution is 7.13. The van der Waals surface area contributed by atoms with Crippen molar-refractivity contribution >= 4 is 23.2 Å². The van der Waals surface area contributed by atoms with Crippen molar-refractivity contribution in [3.63, 3.8) is 0 Å². The fourth-order valence-electron chi connectivity index (χ4n) is 4.25. The van der Waals surface area contributed by atoms with Gasteiger partial charge in [0.25, 0.3) is 5.91 Å². The van der Waals surface area contributed by atoms with E-state index in [1.165, 1.54) is 4.88 Å². The molecule has 2 aromatic heterocycles. The summed E-state index contributed by atoms with van der Waals surface area (Å²) in [4.78, 5) is 33.6. The van der Waals surface area contributed by atoms with Crippen LogP contribution in [0.5, 0.6) is 0 Å². The summed E-state index contributed by atoms with van der Waals surface area (Å²) in [5, 5.41) is 5.04. The second kappa shape index (κ2) is 9.49. The van der Waals surface area contributed by atoms with Gasteiger partial charge < -0.3 is 10.2 Å². The Balaban J connectivity index is 1.59. The van der Waals surface area contributed by atoms with Gasteiger partial charge in [0, 0.05) is 36.4 Å². The topological polar surface area (TPSA) is 62.3 Å². The molecule has 1 aliphatic rings. The maximum atomic E-state index is 13.3. The molecule has 3 heterocycles. The Kier molecular flexibility index (Phi) is 6.51. The molecular formula is C26H27N3O2S. The van der Waals surface area contributed by atoms with Crippen LogP contribution in [0.2, 0.25) is 0 Å². The van der Waals surface area contributed by atoms with Crippen molar-refractivity contribution in [2.75, 3.05) is 19.6 Å². The number of hydrogen-bond acceptors (Lipinski definition) is 4. The number of thiophene rings is 1. The molecule has 0 radical (unpaired) electrons. The molecular weight excluding hydrogens is 418 g/mol. The number of likely N-dealkylation sites (tertiary alicyclic amines) is 1. The Morgan fingerprint density at radius 3 is 2.84 bits per heavy atom. The molecule has 0 bridgehead atoms. The number of pyridine rings is 1. The molecule has 3 aromatic rings. The second-order valence-corrected chi connectivity index (χ2v) is 9.25. The van der Waals surface area contributed by atoms with Crippen LogP contribution in [0.15, 0.2) is 72.8 Å². The molecule has 1 aromatic carbocycles. The smallest absolute Gasteiger partial charge is 0.255 e. The van der Waals surface area contributed by atoms with E-state index in [1.54, 1.807) is 34.6 Å². The fraction of sp³-hybridized carbons (Fsp3) is 0.269. The molecule has 6 heteroatoms. The van der Waals surface area contributed by atoms with Crippen LogP contribution in [0.4, 0.5) is 0 Å². The van der Waals surface area contributed by atoms with Gasteiger partial charge in [0.05, 0.1) is 11.0 Å². The van der Waals surface area contributed by atoms with E-state index in [2.05, 4.69) is 46.5 Å². The van der Waals surface area contributed by atoms with Crippen molar-refractivity contribution in [2.24, 2.45) is 5.41 Å². The van der Waals surface area contributed by atoms with Crippen molar-refractivity contribution in [1.29, 1.82) is 0 Å². The van der Waals surface area contributed by atoms with Crippen molar-refractivity contribution in [1.82, 2.24) is 15.2 Å². The summed E-state index contributed by atoms with van der Waals surface area (Å²) >= 11 is 1.70. The number of benzene rings is 1. The quantitative estimate of drug-likeness (QED) is 0.545. The summed E-state index contributed by atoms with van der Waals surface area (Å²) in [6.07, 6.45) is 4.48. The highest BCUT2D eigenvalue weighted by Crippen LogP contribution is 2.36. The van der Waals surface area contributed by atoms with E-state index < -0.39 is 5.41 Å². The fourth-order valence-corrected chi connectivity index (χ4v) is 4.98. The summed E-state index contributed by atoms with van der Waals surface area (Å²) in [5.41, 5.74) is 2.99. The number of amides is 2. The number of carbonyl (C=O) groups excluding carboxylic acids is 2. The van der Waals surface area contributed by atoms with Crippen LogP contribution in [0.1, 0.15) is 28.0 Å². The molecule has 0 spiro atoms. The lowest BCUT2D eigenvalue weighted by molar-refractivity contribution is -0.130. The van der Waals surface area contributed by atoms with Crippen molar-refractivity contribution in [2.45, 2.75) is 19.8 Å². The van der Waals surface area contributed by atoms with Crippen molar-refractivity contribution < 1.29 is 9.59 Å². The summed E-state index contributed by atoms with van der Waals surface area (Å²) < 4.78 is 0. The average Bonchev–Trinajstić information content (AvgIpc) is 3.49. The molecule has 0 aliphatic carbocycles. The monoisotopic (exact) mass is 445 g/mol. The Hall–Kier alpha value is -3.25. The normalized spacial score (nSPS) is 17.8. The molecule has 5 nitrogen and oxygen atoms in total. The van der Waals surface area contributed by atoms with Gasteiger partial charge in [0.2, 0.25) is 5.91 Å². The number of carbonyl (C=O) groups is 2. The number of nitrogens with one attached hydrogen (secondary N) is 1. The van der Waals surface area contributed by atoms with Gasteiger partial charge in [-0.05, 0) is 54.5 Å². The van der Waals surface area contributed by atoms with Gasteiger partial charge in [-0.25, -0.2) is 0 Å². The number of aromatic nitrogens is 1. The zero-order chi connectivity index (χ0) is 22.6. The minimum Gasteiger partial charge on any atom is -0.352 e. The van der Waals surface area contributed by atoms with E-state index in [0.29, 0.717) is 38.0 Å². The van der Waals surface area contributed by atoms with Gasteiger partial charge in [-0.15, -0.1) is 17.9 Å². The van der Waals surface area contributed by atoms with Gasteiger partial charge in [-0.2, -0.15) is 0 Å². The molecule has 2 amide bonds. The molecule has 0 unspecified atom stereocenters. The number of rotatable bonds is 7. The lowest BCUT2D eigenvalue weighted by Crippen LogP contribution is -2.45. The summed E-state index contributed by atoms with van der Waals surface area (Å²) in [5.74, 6) is -0.112. The third kappa shape index (κ3) is 4.65. The van der Waals surface area contributed by atoms with E-state index >= 15 is 0 Å². The van der Waals surface area contributed by atoms with Crippen LogP contribution in [-0.2, 0) is 11.2 Å². The molecule has 0 saturated carbocycles. The Labute approximate surface area is 192 Å². The molecule has 1 fully saturated rings. The summed E-state index contributed by atoms with van der Waals surface area (Å²) in [7, 11) is 0. The average molecular weight is 446 g/mol. The van der Waals surface area contributed by atoms with Crippen LogP contribution in [0.25, 0.3) is 10.4 Å². The van der Waals surface area contributed by atoms with Crippen LogP contribution in [0, 0.1) is 12.3 Å². The second-order valence-electron chi connectivity index (χ2n) is 8.30. The number of hydrogen-bond donors (Lipinski definition) is 1. The first kappa shape index (κ1) is 22.0. The lowest BCUT2D eigenvalue weighted by Gasteiger charge is -2.28. The number of nitrogens with zero attached hydrogens (tertiary/aromatic N) is 2. The van der Waals surface area contributed by atoms with Crippen LogP contribution in [0.3, 0.4) is 0 Å². The first-order valence-corrected chi connectivity index (χ1v) is 11.6. The van der Waals surface area contributed by atoms with E-state index in [-0.39, 0.29) is 11.8 Å². The maximum Gasteiger partial charge on any atom is 0.255 e. The Bertz CT molecular complexity index is 1110. The highest BCUT2D eigenvalue weighted by atomic mass is 32.1. The molecule has 164 valence electrons. The molecule has 4 rings (SSSR count). The molecule has 1 saturated heterocycles. The highest BCUT2D eigenvalue weighted by Gasteiger charge is 2.46. The van der Waals surface area contributed by atoms with Gasteiger partial charge >= 0.3 is 0 Å². The van der Waals surface area contributed by atoms with E-state index in [0.717, 1.165) is 16.8 Å². The minimum absolute atomic E-state index is 0.0312. The van der Waals surface area contributed by atoms with Gasteiger partial charge in [0.1, 0.15) is 0 Å². The Morgan fingerprint density at radius 1 is 1.25 bits per heavy atom. The van der Waals surface area contributed by atoms with Crippen LogP contribution in [-0.4, -0.2) is 41.3 Å². The Morgan fingerprint density at radius 2 is 2.12 bits per heavy atom.